The van der Waals surface area contributed by atoms with Gasteiger partial charge in [-0.25, -0.2) is 9.78 Å². The number of nitrogens with one attached hydrogen (secondary N) is 2. The van der Waals surface area contributed by atoms with Gasteiger partial charge in [-0.2, -0.15) is 0 Å². The van der Waals surface area contributed by atoms with Crippen LogP contribution in [0.4, 0.5) is 4.79 Å². The van der Waals surface area contributed by atoms with Gasteiger partial charge in [0.2, 0.25) is 5.91 Å². The molecule has 1 atom stereocenters. The third-order valence-electron chi connectivity index (χ3n) is 4.16. The molecule has 1 aliphatic carbocycles. The summed E-state index contributed by atoms with van der Waals surface area (Å²) >= 11 is 1.41. The predicted octanol–water partition coefficient (Wildman–Crippen LogP) is 2.55. The van der Waals surface area contributed by atoms with Gasteiger partial charge in [-0.3, -0.25) is 10.1 Å². The molecule has 22 heavy (non-hydrogen) atoms. The summed E-state index contributed by atoms with van der Waals surface area (Å²) in [6.07, 6.45) is 4.84. The first kappa shape index (κ1) is 16.9. The number of amides is 3. The minimum Gasteiger partial charge on any atom is -0.341 e. The van der Waals surface area contributed by atoms with Crippen molar-refractivity contribution < 1.29 is 9.59 Å². The van der Waals surface area contributed by atoms with E-state index in [1.54, 1.807) is 6.92 Å². The lowest BCUT2D eigenvalue weighted by atomic mass is 10.2. The van der Waals surface area contributed by atoms with Crippen molar-refractivity contribution in [3.8, 4) is 0 Å². The van der Waals surface area contributed by atoms with Crippen LogP contribution in [0.1, 0.15) is 50.0 Å². The van der Waals surface area contributed by atoms with E-state index in [0.717, 1.165) is 10.9 Å². The second-order valence-electron chi connectivity index (χ2n) is 5.70. The second kappa shape index (κ2) is 7.17. The molecular formula is C15H24N4O2S. The number of carbonyl (C=O) groups excluding carboxylic acids is 2. The maximum Gasteiger partial charge on any atom is 0.321 e. The van der Waals surface area contributed by atoms with Crippen LogP contribution in [0.5, 0.6) is 0 Å². The minimum absolute atomic E-state index is 0.305. The molecule has 1 aromatic rings. The molecule has 1 heterocycles. The lowest BCUT2D eigenvalue weighted by molar-refractivity contribution is -0.119. The van der Waals surface area contributed by atoms with Gasteiger partial charge in [-0.1, -0.05) is 24.6 Å². The van der Waals surface area contributed by atoms with Crippen LogP contribution in [0.3, 0.4) is 0 Å². The van der Waals surface area contributed by atoms with E-state index >= 15 is 0 Å². The van der Waals surface area contributed by atoms with Crippen LogP contribution in [-0.2, 0) is 4.79 Å². The van der Waals surface area contributed by atoms with Crippen molar-refractivity contribution in [3.63, 3.8) is 0 Å². The number of nitrogens with zero attached hydrogens (tertiary/aromatic N) is 2. The van der Waals surface area contributed by atoms with Gasteiger partial charge in [0, 0.05) is 18.8 Å². The van der Waals surface area contributed by atoms with E-state index in [1.807, 2.05) is 6.92 Å². The first-order valence-electron chi connectivity index (χ1n) is 7.68. The number of rotatable bonds is 4. The number of thioether (sulfide) groups is 1. The Morgan fingerprint density at radius 2 is 1.95 bits per heavy atom. The number of aryl methyl sites for hydroxylation is 1. The largest absolute Gasteiger partial charge is 0.341 e. The maximum atomic E-state index is 12.0. The van der Waals surface area contributed by atoms with Gasteiger partial charge in [0.15, 0.2) is 5.16 Å². The summed E-state index contributed by atoms with van der Waals surface area (Å²) in [4.78, 5) is 27.9. The van der Waals surface area contributed by atoms with Crippen molar-refractivity contribution in [2.75, 3.05) is 7.05 Å². The van der Waals surface area contributed by atoms with Crippen LogP contribution in [0.2, 0.25) is 0 Å². The van der Waals surface area contributed by atoms with E-state index in [1.165, 1.54) is 50.2 Å². The zero-order valence-electron chi connectivity index (χ0n) is 13.6. The van der Waals surface area contributed by atoms with Gasteiger partial charge >= 0.3 is 6.03 Å². The molecule has 3 amide bonds. The summed E-state index contributed by atoms with van der Waals surface area (Å²) in [5.41, 5.74) is 2.18. The molecule has 0 bridgehead atoms. The van der Waals surface area contributed by atoms with Crippen LogP contribution >= 0.6 is 11.8 Å². The summed E-state index contributed by atoms with van der Waals surface area (Å²) < 4.78 is 2.27. The Kier molecular flexibility index (Phi) is 5.50. The average Bonchev–Trinajstić information content (AvgIpc) is 3.08. The zero-order valence-corrected chi connectivity index (χ0v) is 14.4. The Morgan fingerprint density at radius 1 is 1.32 bits per heavy atom. The SMILES string of the molecule is CNC(=O)NC(=O)C(C)Sc1nc(C)c(C)n1C1CCCC1. The van der Waals surface area contributed by atoms with E-state index < -0.39 is 6.03 Å². The fraction of sp³-hybridized carbons (Fsp3) is 0.667. The van der Waals surface area contributed by atoms with Crippen molar-refractivity contribution >= 4 is 23.7 Å². The summed E-state index contributed by atoms with van der Waals surface area (Å²) in [5.74, 6) is -0.305. The number of imide groups is 1. The number of imidazole rings is 1. The molecule has 0 aromatic carbocycles. The fourth-order valence-electron chi connectivity index (χ4n) is 2.76. The normalized spacial score (nSPS) is 16.5. The van der Waals surface area contributed by atoms with Gasteiger partial charge in [0.1, 0.15) is 0 Å². The van der Waals surface area contributed by atoms with Gasteiger partial charge in [0.25, 0.3) is 0 Å². The number of hydrogen-bond donors (Lipinski definition) is 2. The van der Waals surface area contributed by atoms with Crippen LogP contribution in [0.25, 0.3) is 0 Å². The third-order valence-corrected chi connectivity index (χ3v) is 5.23. The smallest absolute Gasteiger partial charge is 0.321 e. The molecule has 1 unspecified atom stereocenters. The number of urea groups is 1. The van der Waals surface area contributed by atoms with E-state index in [0.29, 0.717) is 6.04 Å². The zero-order chi connectivity index (χ0) is 16.3. The predicted molar refractivity (Wildman–Crippen MR) is 87.1 cm³/mol. The van der Waals surface area contributed by atoms with Gasteiger partial charge < -0.3 is 9.88 Å². The highest BCUT2D eigenvalue weighted by Crippen LogP contribution is 2.36. The molecule has 122 valence electrons. The number of hydrogen-bond acceptors (Lipinski definition) is 4. The van der Waals surface area contributed by atoms with Crippen molar-refractivity contribution in [2.45, 2.75) is 62.9 Å². The molecule has 1 fully saturated rings. The van der Waals surface area contributed by atoms with Crippen molar-refractivity contribution in [3.05, 3.63) is 11.4 Å². The Hall–Kier alpha value is -1.50. The molecule has 1 saturated carbocycles. The molecule has 2 rings (SSSR count). The van der Waals surface area contributed by atoms with Crippen LogP contribution in [0.15, 0.2) is 5.16 Å². The van der Waals surface area contributed by atoms with Crippen molar-refractivity contribution in [2.24, 2.45) is 0 Å². The lowest BCUT2D eigenvalue weighted by Gasteiger charge is -2.18. The summed E-state index contributed by atoms with van der Waals surface area (Å²) in [5, 5.41) is 5.20. The highest BCUT2D eigenvalue weighted by Gasteiger charge is 2.26. The van der Waals surface area contributed by atoms with Crippen LogP contribution < -0.4 is 10.6 Å². The van der Waals surface area contributed by atoms with Crippen LogP contribution in [-0.4, -0.2) is 33.8 Å². The molecule has 0 aliphatic heterocycles. The number of carbonyl (C=O) groups is 2. The molecule has 0 saturated heterocycles. The van der Waals surface area contributed by atoms with Gasteiger partial charge in [-0.15, -0.1) is 0 Å². The van der Waals surface area contributed by atoms with Crippen molar-refractivity contribution in [1.82, 2.24) is 20.2 Å². The summed E-state index contributed by atoms with van der Waals surface area (Å²) in [6, 6.07) is 0.00171. The Bertz CT molecular complexity index is 564. The standard InChI is InChI=1S/C15H24N4O2S/c1-9-10(2)19(12-7-5-6-8-12)15(17-9)22-11(3)13(20)18-14(21)16-4/h11-12H,5-8H2,1-4H3,(H2,16,18,20,21). The first-order chi connectivity index (χ1) is 10.4. The highest BCUT2D eigenvalue weighted by atomic mass is 32.2. The second-order valence-corrected chi connectivity index (χ2v) is 7.01. The summed E-state index contributed by atoms with van der Waals surface area (Å²) in [6.45, 7) is 5.88. The number of aromatic nitrogens is 2. The molecule has 1 aliphatic rings. The first-order valence-corrected chi connectivity index (χ1v) is 8.56. The van der Waals surface area contributed by atoms with Crippen molar-refractivity contribution in [1.29, 1.82) is 0 Å². The van der Waals surface area contributed by atoms with E-state index in [9.17, 15) is 9.59 Å². The Morgan fingerprint density at radius 3 is 2.55 bits per heavy atom. The third kappa shape index (κ3) is 3.63. The average molecular weight is 324 g/mol. The topological polar surface area (TPSA) is 76.0 Å². The molecule has 7 heteroatoms. The van der Waals surface area contributed by atoms with E-state index in [2.05, 4.69) is 27.1 Å². The molecule has 1 aromatic heterocycles. The molecule has 2 N–H and O–H groups in total. The lowest BCUT2D eigenvalue weighted by Crippen LogP contribution is -2.41. The van der Waals surface area contributed by atoms with Gasteiger partial charge in [0.05, 0.1) is 10.9 Å². The Labute approximate surface area is 135 Å². The quantitative estimate of drug-likeness (QED) is 0.835. The van der Waals surface area contributed by atoms with E-state index in [-0.39, 0.29) is 11.2 Å². The fourth-order valence-corrected chi connectivity index (χ4v) is 3.83. The Balaban J connectivity index is 2.13. The van der Waals surface area contributed by atoms with Crippen LogP contribution in [0, 0.1) is 13.8 Å². The molecule has 0 spiro atoms. The molecule has 0 radical (unpaired) electrons. The van der Waals surface area contributed by atoms with E-state index in [4.69, 9.17) is 0 Å². The monoisotopic (exact) mass is 324 g/mol. The molecular weight excluding hydrogens is 300 g/mol. The summed E-state index contributed by atoms with van der Waals surface area (Å²) in [7, 11) is 1.49. The van der Waals surface area contributed by atoms with Gasteiger partial charge in [-0.05, 0) is 33.6 Å². The highest BCUT2D eigenvalue weighted by molar-refractivity contribution is 8.00. The minimum atomic E-state index is -0.482. The molecule has 6 nitrogen and oxygen atoms in total. The maximum absolute atomic E-state index is 12.0.